The minimum atomic E-state index is -0.458. The molecule has 0 fully saturated rings. The summed E-state index contributed by atoms with van der Waals surface area (Å²) in [7, 11) is 1.43. The second-order valence-electron chi connectivity index (χ2n) is 4.13. The largest absolute Gasteiger partial charge is 0.384 e. The highest BCUT2D eigenvalue weighted by molar-refractivity contribution is 7.13. The molecule has 7 nitrogen and oxygen atoms in total. The van der Waals surface area contributed by atoms with E-state index in [1.165, 1.54) is 23.0 Å². The normalized spacial score (nSPS) is 10.8. The molecule has 2 aromatic heterocycles. The quantitative estimate of drug-likeness (QED) is 0.838. The average molecular weight is 281 g/mol. The Bertz CT molecular complexity index is 728. The maximum atomic E-state index is 12.2. The molecule has 0 radical (unpaired) electrons. The predicted molar refractivity (Wildman–Crippen MR) is 76.2 cm³/mol. The first kappa shape index (κ1) is 13.3. The lowest BCUT2D eigenvalue weighted by Crippen LogP contribution is -2.40. The van der Waals surface area contributed by atoms with E-state index in [0.717, 1.165) is 11.0 Å². The Morgan fingerprint density at radius 3 is 2.58 bits per heavy atom. The van der Waals surface area contributed by atoms with Crippen molar-refractivity contribution in [1.82, 2.24) is 14.1 Å². The first-order valence-corrected chi connectivity index (χ1v) is 6.66. The molecule has 4 N–H and O–H groups in total. The van der Waals surface area contributed by atoms with E-state index in [4.69, 9.17) is 11.5 Å². The van der Waals surface area contributed by atoms with E-state index in [1.54, 1.807) is 5.38 Å². The van der Waals surface area contributed by atoms with Gasteiger partial charge in [-0.25, -0.2) is 9.78 Å². The number of anilines is 2. The van der Waals surface area contributed by atoms with Crippen molar-refractivity contribution >= 4 is 22.3 Å². The van der Waals surface area contributed by atoms with Crippen molar-refractivity contribution in [2.24, 2.45) is 7.05 Å². The van der Waals surface area contributed by atoms with Crippen LogP contribution in [-0.2, 0) is 13.6 Å². The lowest BCUT2D eigenvalue weighted by molar-refractivity contribution is 0.600. The molecular weight excluding hydrogens is 266 g/mol. The molecule has 0 aromatic carbocycles. The SMILES string of the molecule is CCCn1c(N)c(-c2csc(N)n2)c(=O)n(C)c1=O. The maximum Gasteiger partial charge on any atom is 0.332 e. The molecule has 0 atom stereocenters. The van der Waals surface area contributed by atoms with Crippen LogP contribution in [0.4, 0.5) is 10.9 Å². The Balaban J connectivity index is 2.81. The topological polar surface area (TPSA) is 109 Å². The van der Waals surface area contributed by atoms with Crippen molar-refractivity contribution in [1.29, 1.82) is 0 Å². The van der Waals surface area contributed by atoms with Gasteiger partial charge in [-0.3, -0.25) is 13.9 Å². The maximum absolute atomic E-state index is 12.2. The number of hydrogen-bond acceptors (Lipinski definition) is 6. The van der Waals surface area contributed by atoms with Crippen molar-refractivity contribution < 1.29 is 0 Å². The highest BCUT2D eigenvalue weighted by atomic mass is 32.1. The van der Waals surface area contributed by atoms with Gasteiger partial charge >= 0.3 is 5.69 Å². The summed E-state index contributed by atoms with van der Waals surface area (Å²) in [6, 6.07) is 0. The number of rotatable bonds is 3. The Kier molecular flexibility index (Phi) is 3.43. The van der Waals surface area contributed by atoms with Crippen molar-refractivity contribution in [3.05, 3.63) is 26.2 Å². The molecule has 0 aliphatic heterocycles. The predicted octanol–water partition coefficient (Wildman–Crippen LogP) is 0.245. The van der Waals surface area contributed by atoms with Gasteiger partial charge in [0, 0.05) is 19.0 Å². The smallest absolute Gasteiger partial charge is 0.332 e. The second kappa shape index (κ2) is 4.88. The van der Waals surface area contributed by atoms with Gasteiger partial charge in [-0.05, 0) is 6.42 Å². The molecule has 0 aliphatic carbocycles. The van der Waals surface area contributed by atoms with Gasteiger partial charge in [-0.15, -0.1) is 11.3 Å². The Labute approximate surface area is 113 Å². The van der Waals surface area contributed by atoms with Crippen LogP contribution in [0, 0.1) is 0 Å². The summed E-state index contributed by atoms with van der Waals surface area (Å²) >= 11 is 1.22. The lowest BCUT2D eigenvalue weighted by atomic mass is 10.2. The summed E-state index contributed by atoms with van der Waals surface area (Å²) < 4.78 is 2.42. The minimum Gasteiger partial charge on any atom is -0.384 e. The van der Waals surface area contributed by atoms with Crippen molar-refractivity contribution in [2.45, 2.75) is 19.9 Å². The number of thiazole rings is 1. The third-order valence-electron chi connectivity index (χ3n) is 2.81. The van der Waals surface area contributed by atoms with Crippen molar-refractivity contribution in [3.63, 3.8) is 0 Å². The van der Waals surface area contributed by atoms with Gasteiger partial charge in [0.25, 0.3) is 5.56 Å². The molecule has 0 amide bonds. The van der Waals surface area contributed by atoms with E-state index in [9.17, 15) is 9.59 Å². The minimum absolute atomic E-state index is 0.139. The van der Waals surface area contributed by atoms with Crippen molar-refractivity contribution in [3.8, 4) is 11.3 Å². The molecule has 0 saturated carbocycles. The number of aromatic nitrogens is 3. The first-order chi connectivity index (χ1) is 8.97. The van der Waals surface area contributed by atoms with E-state index in [2.05, 4.69) is 4.98 Å². The Morgan fingerprint density at radius 1 is 1.37 bits per heavy atom. The summed E-state index contributed by atoms with van der Waals surface area (Å²) in [5, 5.41) is 2.01. The van der Waals surface area contributed by atoms with Gasteiger partial charge in [-0.2, -0.15) is 0 Å². The van der Waals surface area contributed by atoms with Crippen LogP contribution in [0.5, 0.6) is 0 Å². The third-order valence-corrected chi connectivity index (χ3v) is 3.48. The van der Waals surface area contributed by atoms with Crippen molar-refractivity contribution in [2.75, 3.05) is 11.5 Å². The zero-order valence-electron chi connectivity index (χ0n) is 10.7. The van der Waals surface area contributed by atoms with Gasteiger partial charge in [0.05, 0.1) is 5.69 Å². The number of hydrogen-bond donors (Lipinski definition) is 2. The molecule has 0 spiro atoms. The fraction of sp³-hybridized carbons (Fsp3) is 0.364. The molecule has 0 bridgehead atoms. The molecule has 102 valence electrons. The van der Waals surface area contributed by atoms with Crippen LogP contribution >= 0.6 is 11.3 Å². The monoisotopic (exact) mass is 281 g/mol. The van der Waals surface area contributed by atoms with Gasteiger partial charge in [0.1, 0.15) is 11.4 Å². The molecule has 8 heteroatoms. The first-order valence-electron chi connectivity index (χ1n) is 5.78. The zero-order chi connectivity index (χ0) is 14.2. The summed E-state index contributed by atoms with van der Waals surface area (Å²) in [5.74, 6) is 0.139. The molecule has 0 aliphatic rings. The highest BCUT2D eigenvalue weighted by Crippen LogP contribution is 2.24. The summed E-state index contributed by atoms with van der Waals surface area (Å²) in [6.45, 7) is 2.38. The van der Waals surface area contributed by atoms with Crippen LogP contribution in [0.15, 0.2) is 15.0 Å². The van der Waals surface area contributed by atoms with E-state index in [-0.39, 0.29) is 11.4 Å². The average Bonchev–Trinajstić information content (AvgIpc) is 2.79. The van der Waals surface area contributed by atoms with Crippen LogP contribution in [0.25, 0.3) is 11.3 Å². The van der Waals surface area contributed by atoms with Crippen LogP contribution in [0.1, 0.15) is 13.3 Å². The number of nitrogen functional groups attached to an aromatic ring is 2. The molecular formula is C11H15N5O2S. The standard InChI is InChI=1S/C11H15N5O2S/c1-3-4-16-8(12)7(6-5-19-10(13)14-6)9(17)15(2)11(16)18/h5H,3-4,12H2,1-2H3,(H2,13,14). The van der Waals surface area contributed by atoms with E-state index in [1.807, 2.05) is 6.92 Å². The second-order valence-corrected chi connectivity index (χ2v) is 5.02. The molecule has 0 saturated heterocycles. The van der Waals surface area contributed by atoms with Crippen LogP contribution in [0.3, 0.4) is 0 Å². The molecule has 0 unspecified atom stereocenters. The molecule has 2 rings (SSSR count). The Morgan fingerprint density at radius 2 is 2.05 bits per heavy atom. The number of nitrogens with two attached hydrogens (primary N) is 2. The van der Waals surface area contributed by atoms with Gasteiger partial charge in [0.2, 0.25) is 0 Å². The van der Waals surface area contributed by atoms with E-state index >= 15 is 0 Å². The summed E-state index contributed by atoms with van der Waals surface area (Å²) in [4.78, 5) is 28.2. The zero-order valence-corrected chi connectivity index (χ0v) is 11.5. The van der Waals surface area contributed by atoms with Gasteiger partial charge < -0.3 is 11.5 Å². The molecule has 2 aromatic rings. The van der Waals surface area contributed by atoms with Crippen LogP contribution in [0.2, 0.25) is 0 Å². The van der Waals surface area contributed by atoms with E-state index < -0.39 is 11.2 Å². The fourth-order valence-corrected chi connectivity index (χ4v) is 2.42. The van der Waals surface area contributed by atoms with Crippen LogP contribution < -0.4 is 22.7 Å². The lowest BCUT2D eigenvalue weighted by Gasteiger charge is -2.13. The van der Waals surface area contributed by atoms with Gasteiger partial charge in [0.15, 0.2) is 5.13 Å². The summed E-state index contributed by atoms with van der Waals surface area (Å²) in [6.07, 6.45) is 0.737. The van der Waals surface area contributed by atoms with E-state index in [0.29, 0.717) is 17.4 Å². The third kappa shape index (κ3) is 2.14. The number of nitrogens with zero attached hydrogens (tertiary/aromatic N) is 3. The fourth-order valence-electron chi connectivity index (χ4n) is 1.87. The van der Waals surface area contributed by atoms with Crippen LogP contribution in [-0.4, -0.2) is 14.1 Å². The van der Waals surface area contributed by atoms with Gasteiger partial charge in [-0.1, -0.05) is 6.92 Å². The highest BCUT2D eigenvalue weighted by Gasteiger charge is 2.18. The molecule has 19 heavy (non-hydrogen) atoms. The Hall–Kier alpha value is -2.09. The summed E-state index contributed by atoms with van der Waals surface area (Å²) in [5.41, 5.74) is 11.3. The molecule has 2 heterocycles.